The van der Waals surface area contributed by atoms with Crippen molar-refractivity contribution in [3.63, 3.8) is 0 Å². The van der Waals surface area contributed by atoms with Crippen LogP contribution < -0.4 is 5.73 Å². The van der Waals surface area contributed by atoms with Gasteiger partial charge in [0, 0.05) is 17.1 Å². The molecule has 1 atom stereocenters. The Morgan fingerprint density at radius 2 is 1.86 bits per heavy atom. The number of fused-ring (bicyclic) bond motifs is 1. The van der Waals surface area contributed by atoms with E-state index in [0.717, 1.165) is 21.9 Å². The van der Waals surface area contributed by atoms with Crippen LogP contribution in [0.2, 0.25) is 0 Å². The van der Waals surface area contributed by atoms with Gasteiger partial charge in [0.1, 0.15) is 5.82 Å². The number of aryl methyl sites for hydroxylation is 2. The fourth-order valence-corrected chi connectivity index (χ4v) is 2.85. The number of rotatable bonds is 2. The summed E-state index contributed by atoms with van der Waals surface area (Å²) in [6.45, 7) is 3.76. The highest BCUT2D eigenvalue weighted by molar-refractivity contribution is 5.85. The van der Waals surface area contributed by atoms with E-state index in [0.29, 0.717) is 11.3 Å². The zero-order valence-corrected chi connectivity index (χ0v) is 12.1. The van der Waals surface area contributed by atoms with E-state index in [1.54, 1.807) is 6.20 Å². The second kappa shape index (κ2) is 5.26. The van der Waals surface area contributed by atoms with Gasteiger partial charge in [0.2, 0.25) is 0 Å². The van der Waals surface area contributed by atoms with E-state index < -0.39 is 6.04 Å². The smallest absolute Gasteiger partial charge is 0.128 e. The average molecular weight is 280 g/mol. The molecule has 1 unspecified atom stereocenters. The number of benzene rings is 2. The van der Waals surface area contributed by atoms with Crippen molar-refractivity contribution in [3.8, 4) is 0 Å². The lowest BCUT2D eigenvalue weighted by Gasteiger charge is -2.17. The molecule has 0 saturated heterocycles. The van der Waals surface area contributed by atoms with Crippen molar-refractivity contribution in [1.82, 2.24) is 4.98 Å². The van der Waals surface area contributed by atoms with Crippen molar-refractivity contribution in [2.45, 2.75) is 19.9 Å². The summed E-state index contributed by atoms with van der Waals surface area (Å²) in [6.07, 6.45) is 1.72. The monoisotopic (exact) mass is 280 g/mol. The number of aromatic nitrogens is 1. The maximum absolute atomic E-state index is 14.3. The third kappa shape index (κ3) is 2.41. The molecule has 21 heavy (non-hydrogen) atoms. The Balaban J connectivity index is 2.20. The molecule has 0 spiro atoms. The number of pyridine rings is 1. The van der Waals surface area contributed by atoms with Crippen LogP contribution >= 0.6 is 0 Å². The molecule has 3 heteroatoms. The zero-order valence-electron chi connectivity index (χ0n) is 12.1. The second-order valence-electron chi connectivity index (χ2n) is 5.37. The van der Waals surface area contributed by atoms with Crippen LogP contribution in [0.25, 0.3) is 10.8 Å². The fourth-order valence-electron chi connectivity index (χ4n) is 2.85. The van der Waals surface area contributed by atoms with Gasteiger partial charge in [0.15, 0.2) is 0 Å². The highest BCUT2D eigenvalue weighted by Crippen LogP contribution is 2.29. The fraction of sp³-hybridized carbons (Fsp3) is 0.167. The molecule has 2 N–H and O–H groups in total. The molecular formula is C18H17FN2. The molecule has 0 aliphatic carbocycles. The first-order valence-electron chi connectivity index (χ1n) is 6.94. The number of halogens is 1. The summed E-state index contributed by atoms with van der Waals surface area (Å²) in [5.41, 5.74) is 9.31. The van der Waals surface area contributed by atoms with Crippen LogP contribution in [0.3, 0.4) is 0 Å². The van der Waals surface area contributed by atoms with Crippen molar-refractivity contribution in [2.24, 2.45) is 5.73 Å². The van der Waals surface area contributed by atoms with Gasteiger partial charge in [-0.15, -0.1) is 0 Å². The Morgan fingerprint density at radius 1 is 1.10 bits per heavy atom. The van der Waals surface area contributed by atoms with Crippen LogP contribution in [-0.2, 0) is 0 Å². The van der Waals surface area contributed by atoms with Crippen LogP contribution in [0.4, 0.5) is 4.39 Å². The van der Waals surface area contributed by atoms with Gasteiger partial charge in [0.25, 0.3) is 0 Å². The molecule has 2 nitrogen and oxygen atoms in total. The van der Waals surface area contributed by atoms with Crippen LogP contribution in [0.15, 0.2) is 48.7 Å². The number of nitrogens with zero attached hydrogens (tertiary/aromatic N) is 1. The molecule has 0 saturated carbocycles. The Hall–Kier alpha value is -2.26. The second-order valence-corrected chi connectivity index (χ2v) is 5.37. The van der Waals surface area contributed by atoms with Crippen LogP contribution in [-0.4, -0.2) is 4.98 Å². The van der Waals surface area contributed by atoms with E-state index >= 15 is 0 Å². The average Bonchev–Trinajstić information content (AvgIpc) is 2.45. The summed E-state index contributed by atoms with van der Waals surface area (Å²) in [4.78, 5) is 4.40. The molecule has 3 rings (SSSR count). The zero-order chi connectivity index (χ0) is 15.0. The first-order chi connectivity index (χ1) is 10.1. The van der Waals surface area contributed by atoms with E-state index in [-0.39, 0.29) is 5.82 Å². The summed E-state index contributed by atoms with van der Waals surface area (Å²) < 4.78 is 14.3. The van der Waals surface area contributed by atoms with Gasteiger partial charge in [-0.05, 0) is 42.5 Å². The summed E-state index contributed by atoms with van der Waals surface area (Å²) in [5.74, 6) is -0.269. The van der Waals surface area contributed by atoms with Crippen LogP contribution in [0, 0.1) is 19.7 Å². The van der Waals surface area contributed by atoms with Gasteiger partial charge in [-0.3, -0.25) is 4.98 Å². The normalized spacial score (nSPS) is 12.6. The lowest BCUT2D eigenvalue weighted by atomic mass is 9.94. The molecule has 0 aliphatic rings. The van der Waals surface area contributed by atoms with Gasteiger partial charge < -0.3 is 5.73 Å². The predicted molar refractivity (Wildman–Crippen MR) is 83.6 cm³/mol. The van der Waals surface area contributed by atoms with E-state index in [1.807, 2.05) is 50.2 Å². The van der Waals surface area contributed by atoms with Crippen molar-refractivity contribution < 1.29 is 4.39 Å². The summed E-state index contributed by atoms with van der Waals surface area (Å²) in [7, 11) is 0. The summed E-state index contributed by atoms with van der Waals surface area (Å²) >= 11 is 0. The summed E-state index contributed by atoms with van der Waals surface area (Å²) in [6, 6.07) is 12.7. The molecular weight excluding hydrogens is 263 g/mol. The Kier molecular flexibility index (Phi) is 3.43. The first-order valence-corrected chi connectivity index (χ1v) is 6.94. The van der Waals surface area contributed by atoms with Gasteiger partial charge in [-0.25, -0.2) is 4.39 Å². The first kappa shape index (κ1) is 13.7. The van der Waals surface area contributed by atoms with E-state index in [2.05, 4.69) is 4.98 Å². The predicted octanol–water partition coefficient (Wildman–Crippen LogP) is 4.04. The highest BCUT2D eigenvalue weighted by atomic mass is 19.1. The molecule has 3 aromatic rings. The highest BCUT2D eigenvalue weighted by Gasteiger charge is 2.19. The SMILES string of the molecule is Cc1cc(C)c(C(N)c2nccc3ccccc23)c(F)c1. The molecule has 0 radical (unpaired) electrons. The summed E-state index contributed by atoms with van der Waals surface area (Å²) in [5, 5.41) is 2.02. The molecule has 0 aliphatic heterocycles. The topological polar surface area (TPSA) is 38.9 Å². The van der Waals surface area contributed by atoms with Crippen molar-refractivity contribution >= 4 is 10.8 Å². The Bertz CT molecular complexity index is 783. The van der Waals surface area contributed by atoms with Crippen molar-refractivity contribution in [3.05, 3.63) is 76.9 Å². The largest absolute Gasteiger partial charge is 0.319 e. The van der Waals surface area contributed by atoms with Gasteiger partial charge >= 0.3 is 0 Å². The minimum Gasteiger partial charge on any atom is -0.319 e. The number of nitrogens with two attached hydrogens (primary N) is 1. The van der Waals surface area contributed by atoms with Crippen LogP contribution in [0.5, 0.6) is 0 Å². The van der Waals surface area contributed by atoms with E-state index in [1.165, 1.54) is 6.07 Å². The van der Waals surface area contributed by atoms with Crippen molar-refractivity contribution in [2.75, 3.05) is 0 Å². The number of hydrogen-bond acceptors (Lipinski definition) is 2. The minimum atomic E-state index is -0.573. The maximum Gasteiger partial charge on any atom is 0.128 e. The third-order valence-corrected chi connectivity index (χ3v) is 3.79. The maximum atomic E-state index is 14.3. The lowest BCUT2D eigenvalue weighted by molar-refractivity contribution is 0.594. The molecule has 0 amide bonds. The molecule has 0 bridgehead atoms. The van der Waals surface area contributed by atoms with Gasteiger partial charge in [-0.1, -0.05) is 30.3 Å². The van der Waals surface area contributed by atoms with E-state index in [4.69, 9.17) is 5.73 Å². The lowest BCUT2D eigenvalue weighted by Crippen LogP contribution is -2.17. The Labute approximate surface area is 123 Å². The van der Waals surface area contributed by atoms with Crippen molar-refractivity contribution in [1.29, 1.82) is 0 Å². The molecule has 106 valence electrons. The quantitative estimate of drug-likeness (QED) is 0.769. The van der Waals surface area contributed by atoms with Gasteiger partial charge in [-0.2, -0.15) is 0 Å². The minimum absolute atomic E-state index is 0.269. The number of hydrogen-bond donors (Lipinski definition) is 1. The van der Waals surface area contributed by atoms with Gasteiger partial charge in [0.05, 0.1) is 11.7 Å². The third-order valence-electron chi connectivity index (χ3n) is 3.79. The standard InChI is InChI=1S/C18H17FN2/c1-11-9-12(2)16(15(19)10-11)17(20)18-14-6-4-3-5-13(14)7-8-21-18/h3-10,17H,20H2,1-2H3. The molecule has 0 fully saturated rings. The molecule has 2 aromatic carbocycles. The Morgan fingerprint density at radius 3 is 2.62 bits per heavy atom. The van der Waals surface area contributed by atoms with E-state index in [9.17, 15) is 4.39 Å². The van der Waals surface area contributed by atoms with Crippen LogP contribution in [0.1, 0.15) is 28.4 Å². The molecule has 1 aromatic heterocycles. The molecule has 1 heterocycles.